The van der Waals surface area contributed by atoms with Crippen molar-refractivity contribution in [3.8, 4) is 0 Å². The van der Waals surface area contributed by atoms with Crippen molar-refractivity contribution in [3.05, 3.63) is 51.2 Å². The molecule has 184 valence electrons. The minimum Gasteiger partial charge on any atom is -0.477 e. The average molecular weight is 523 g/mol. The Balaban J connectivity index is 1.46. The number of nitrogens with two attached hydrogens (primary N) is 1. The van der Waals surface area contributed by atoms with Gasteiger partial charge in [-0.3, -0.25) is 24.6 Å². The molecule has 0 spiro atoms. The fourth-order valence-corrected chi connectivity index (χ4v) is 5.92. The lowest BCUT2D eigenvalue weighted by Crippen LogP contribution is -2.71. The van der Waals surface area contributed by atoms with E-state index in [1.54, 1.807) is 0 Å². The third-order valence-corrected chi connectivity index (χ3v) is 7.66. The van der Waals surface area contributed by atoms with E-state index < -0.39 is 46.9 Å². The first-order chi connectivity index (χ1) is 16.7. The number of aromatic nitrogens is 4. The fraction of sp³-hybridized carbons (Fsp3) is 0.333. The van der Waals surface area contributed by atoms with Gasteiger partial charge in [-0.1, -0.05) is 23.9 Å². The number of hydrogen-bond donors (Lipinski definition) is 4. The van der Waals surface area contributed by atoms with E-state index in [-0.39, 0.29) is 33.6 Å². The number of carboxylic acid groups (broad SMARTS) is 1. The molecule has 3 heterocycles. The third-order valence-electron chi connectivity index (χ3n) is 5.28. The highest BCUT2D eigenvalue weighted by Crippen LogP contribution is 2.41. The van der Waals surface area contributed by atoms with Crippen LogP contribution in [0.2, 0.25) is 0 Å². The van der Waals surface area contributed by atoms with E-state index in [2.05, 4.69) is 20.8 Å². The monoisotopic (exact) mass is 522 g/mol. The molecule has 3 atom stereocenters. The minimum atomic E-state index is -1.29. The number of hydrogen-bond acceptors (Lipinski definition) is 12. The molecule has 1 aromatic carbocycles. The van der Waals surface area contributed by atoms with Gasteiger partial charge < -0.3 is 21.3 Å². The van der Waals surface area contributed by atoms with Gasteiger partial charge in [0.1, 0.15) is 29.9 Å². The molecule has 1 saturated heterocycles. The average Bonchev–Trinajstić information content (AvgIpc) is 3.32. The maximum absolute atomic E-state index is 12.8. The van der Waals surface area contributed by atoms with E-state index in [1.807, 2.05) is 0 Å². The molecule has 2 aliphatic rings. The van der Waals surface area contributed by atoms with Crippen LogP contribution in [0.25, 0.3) is 0 Å². The number of amides is 2. The Kier molecular flexibility index (Phi) is 7.01. The zero-order chi connectivity index (χ0) is 25.3. The van der Waals surface area contributed by atoms with E-state index >= 15 is 0 Å². The third kappa shape index (κ3) is 4.70. The van der Waals surface area contributed by atoms with E-state index in [4.69, 9.17) is 5.73 Å². The second kappa shape index (κ2) is 9.98. The first-order valence-electron chi connectivity index (χ1n) is 9.93. The number of aliphatic carboxylic acids is 1. The molecule has 2 aromatic rings. The molecule has 2 amide bonds. The summed E-state index contributed by atoms with van der Waals surface area (Å²) >= 11 is 2.39. The lowest BCUT2D eigenvalue weighted by atomic mass is 10.0. The maximum Gasteiger partial charge on any atom is 0.352 e. The van der Waals surface area contributed by atoms with E-state index in [0.29, 0.717) is 5.57 Å². The van der Waals surface area contributed by atoms with Crippen molar-refractivity contribution >= 4 is 47.0 Å². The number of carbonyl (C=O) groups is 3. The number of nitrogens with one attached hydrogen (secondary N) is 1. The van der Waals surface area contributed by atoms with Crippen molar-refractivity contribution in [1.29, 1.82) is 0 Å². The molecule has 1 fully saturated rings. The van der Waals surface area contributed by atoms with Crippen LogP contribution < -0.4 is 11.1 Å². The fourth-order valence-electron chi connectivity index (χ4n) is 3.56. The zero-order valence-corrected chi connectivity index (χ0v) is 19.3. The van der Waals surface area contributed by atoms with Gasteiger partial charge in [0.15, 0.2) is 0 Å². The molecular formula is C18H18N8O7S2. The topological polar surface area (TPSA) is 220 Å². The highest BCUT2D eigenvalue weighted by Gasteiger charge is 2.54. The number of aliphatic hydroxyl groups excluding tert-OH is 1. The Labute approximate surface area is 204 Å². The molecule has 2 aliphatic heterocycles. The lowest BCUT2D eigenvalue weighted by Gasteiger charge is -2.49. The van der Waals surface area contributed by atoms with Crippen LogP contribution in [0, 0.1) is 10.1 Å². The smallest absolute Gasteiger partial charge is 0.352 e. The van der Waals surface area contributed by atoms with Gasteiger partial charge in [0.05, 0.1) is 4.92 Å². The van der Waals surface area contributed by atoms with E-state index in [1.165, 1.54) is 36.0 Å². The second-order valence-electron chi connectivity index (χ2n) is 7.37. The SMILES string of the molecule is NC(C(=O)NC1C(=O)N2C(C(=O)O)=C(CSc3nnnn3CO)CS[C@H]12)c1cccc([N+](=O)[O-])c1. The van der Waals surface area contributed by atoms with Crippen LogP contribution in [0.3, 0.4) is 0 Å². The summed E-state index contributed by atoms with van der Waals surface area (Å²) < 4.78 is 1.13. The molecule has 0 aliphatic carbocycles. The summed E-state index contributed by atoms with van der Waals surface area (Å²) in [4.78, 5) is 48.9. The number of non-ortho nitro benzene ring substituents is 1. The number of tetrazole rings is 1. The summed E-state index contributed by atoms with van der Waals surface area (Å²) in [5, 5.41) is 42.9. The number of nitro groups is 1. The van der Waals surface area contributed by atoms with Crippen LogP contribution in [-0.2, 0) is 21.1 Å². The Morgan fingerprint density at radius 1 is 1.43 bits per heavy atom. The number of nitrogens with zero attached hydrogens (tertiary/aromatic N) is 6. The number of nitro benzene ring substituents is 1. The Morgan fingerprint density at radius 3 is 2.89 bits per heavy atom. The van der Waals surface area contributed by atoms with Crippen molar-refractivity contribution < 1.29 is 29.5 Å². The van der Waals surface area contributed by atoms with Gasteiger partial charge in [-0.25, -0.2) is 4.79 Å². The number of carbonyl (C=O) groups excluding carboxylic acids is 2. The normalized spacial score (nSPS) is 20.2. The highest BCUT2D eigenvalue weighted by molar-refractivity contribution is 8.01. The van der Waals surface area contributed by atoms with Crippen LogP contribution in [0.1, 0.15) is 11.6 Å². The molecule has 1 aromatic heterocycles. The molecule has 0 saturated carbocycles. The van der Waals surface area contributed by atoms with Gasteiger partial charge in [0.2, 0.25) is 11.1 Å². The number of rotatable bonds is 9. The van der Waals surface area contributed by atoms with Crippen LogP contribution in [0.5, 0.6) is 0 Å². The molecule has 17 heteroatoms. The lowest BCUT2D eigenvalue weighted by molar-refractivity contribution is -0.384. The number of benzene rings is 1. The molecule has 15 nitrogen and oxygen atoms in total. The number of aliphatic hydroxyl groups is 1. The summed E-state index contributed by atoms with van der Waals surface area (Å²) in [6.07, 6.45) is 0. The predicted molar refractivity (Wildman–Crippen MR) is 120 cm³/mol. The van der Waals surface area contributed by atoms with Gasteiger partial charge >= 0.3 is 5.97 Å². The minimum absolute atomic E-state index is 0.167. The molecular weight excluding hydrogens is 504 g/mol. The molecule has 35 heavy (non-hydrogen) atoms. The Morgan fingerprint density at radius 2 is 2.20 bits per heavy atom. The van der Waals surface area contributed by atoms with Crippen LogP contribution >= 0.6 is 23.5 Å². The number of carboxylic acids is 1. The highest BCUT2D eigenvalue weighted by atomic mass is 32.2. The first kappa shape index (κ1) is 24.6. The Bertz CT molecular complexity index is 1230. The predicted octanol–water partition coefficient (Wildman–Crippen LogP) is -0.938. The van der Waals surface area contributed by atoms with Crippen molar-refractivity contribution in [3.63, 3.8) is 0 Å². The van der Waals surface area contributed by atoms with E-state index in [0.717, 1.165) is 21.3 Å². The standard InChI is InChI=1S/C18H18N8O7S2/c19-11(8-2-1-3-10(4-8)26(32)33)14(28)20-12-15(29)25-13(17(30)31)9(5-34-16(12)25)6-35-18-21-22-23-24(18)7-27/h1-4,11-12,16,27H,5-7,19H2,(H,20,28)(H,30,31)/t11?,12?,16-/m1/s1. The summed E-state index contributed by atoms with van der Waals surface area (Å²) in [7, 11) is 0. The van der Waals surface area contributed by atoms with Gasteiger partial charge in [-0.05, 0) is 21.6 Å². The Hall–Kier alpha value is -3.54. The molecule has 4 rings (SSSR count). The summed E-state index contributed by atoms with van der Waals surface area (Å²) in [6, 6.07) is 3.04. The first-order valence-corrected chi connectivity index (χ1v) is 12.0. The number of β-lactam (4-membered cyclic amide) rings is 1. The van der Waals surface area contributed by atoms with Gasteiger partial charge in [0.25, 0.3) is 11.6 Å². The quantitative estimate of drug-likeness (QED) is 0.135. The van der Waals surface area contributed by atoms with E-state index in [9.17, 15) is 34.7 Å². The van der Waals surface area contributed by atoms with Crippen LogP contribution in [0.4, 0.5) is 5.69 Å². The molecule has 5 N–H and O–H groups in total. The van der Waals surface area contributed by atoms with Gasteiger partial charge in [0, 0.05) is 23.6 Å². The summed E-state index contributed by atoms with van der Waals surface area (Å²) in [6.45, 7) is -0.443. The second-order valence-corrected chi connectivity index (χ2v) is 9.42. The zero-order valence-electron chi connectivity index (χ0n) is 17.7. The number of thioether (sulfide) groups is 2. The van der Waals surface area contributed by atoms with Crippen molar-refractivity contribution in [2.24, 2.45) is 5.73 Å². The molecule has 2 unspecified atom stereocenters. The maximum atomic E-state index is 12.8. The number of fused-ring (bicyclic) bond motifs is 1. The summed E-state index contributed by atoms with van der Waals surface area (Å²) in [5.74, 6) is -2.18. The van der Waals surface area contributed by atoms with Gasteiger partial charge in [-0.15, -0.1) is 16.9 Å². The molecule has 0 bridgehead atoms. The van der Waals surface area contributed by atoms with Crippen LogP contribution in [0.15, 0.2) is 40.7 Å². The van der Waals surface area contributed by atoms with Crippen molar-refractivity contribution in [2.45, 2.75) is 29.3 Å². The molecule has 0 radical (unpaired) electrons. The van der Waals surface area contributed by atoms with Crippen LogP contribution in [-0.4, -0.2) is 80.9 Å². The largest absolute Gasteiger partial charge is 0.477 e. The summed E-state index contributed by atoms with van der Waals surface area (Å²) in [5.41, 5.74) is 6.20. The van der Waals surface area contributed by atoms with Crippen molar-refractivity contribution in [1.82, 2.24) is 30.4 Å². The van der Waals surface area contributed by atoms with Crippen molar-refractivity contribution in [2.75, 3.05) is 11.5 Å². The van der Waals surface area contributed by atoms with Gasteiger partial charge in [-0.2, -0.15) is 4.68 Å².